The monoisotopic (exact) mass is 512 g/mol. The SMILES string of the molecule is C(#Cc1ccccc1)B(C#Cc1ccccc1)n1c2ccccc2c2cccc(-c3nc4ccccc4s3)c21. The lowest BCUT2D eigenvalue weighted by molar-refractivity contribution is 1.35. The van der Waals surface area contributed by atoms with Crippen molar-refractivity contribution in [3.8, 4) is 34.1 Å². The summed E-state index contributed by atoms with van der Waals surface area (Å²) < 4.78 is 3.48. The van der Waals surface area contributed by atoms with Gasteiger partial charge in [0, 0.05) is 38.5 Å². The maximum atomic E-state index is 5.02. The number of thiazole rings is 1. The molecule has 7 aromatic rings. The van der Waals surface area contributed by atoms with Gasteiger partial charge in [-0.25, -0.2) is 4.98 Å². The van der Waals surface area contributed by atoms with E-state index in [9.17, 15) is 0 Å². The summed E-state index contributed by atoms with van der Waals surface area (Å²) in [5.41, 5.74) is 6.26. The molecule has 0 amide bonds. The zero-order chi connectivity index (χ0) is 26.0. The summed E-state index contributed by atoms with van der Waals surface area (Å²) in [6.07, 6.45) is 0. The lowest BCUT2D eigenvalue weighted by Crippen LogP contribution is -2.21. The van der Waals surface area contributed by atoms with Gasteiger partial charge < -0.3 is 4.48 Å². The van der Waals surface area contributed by atoms with E-state index < -0.39 is 0 Å². The van der Waals surface area contributed by atoms with Crippen LogP contribution in [0.2, 0.25) is 0 Å². The van der Waals surface area contributed by atoms with Crippen LogP contribution in [0, 0.1) is 23.5 Å². The number of rotatable bonds is 2. The quantitative estimate of drug-likeness (QED) is 0.169. The zero-order valence-electron chi connectivity index (χ0n) is 21.0. The highest BCUT2D eigenvalue weighted by molar-refractivity contribution is 7.21. The largest absolute Gasteiger partial charge is 0.434 e. The second-order valence-electron chi connectivity index (χ2n) is 9.25. The Morgan fingerprint density at radius 3 is 1.92 bits per heavy atom. The molecule has 7 rings (SSSR count). The van der Waals surface area contributed by atoms with E-state index >= 15 is 0 Å². The molecular formula is C35H21BN2S. The first-order valence-electron chi connectivity index (χ1n) is 12.9. The fourth-order valence-electron chi connectivity index (χ4n) is 4.99. The van der Waals surface area contributed by atoms with Gasteiger partial charge in [-0.1, -0.05) is 90.7 Å². The first-order valence-corrected chi connectivity index (χ1v) is 13.7. The van der Waals surface area contributed by atoms with Crippen molar-refractivity contribution in [2.75, 3.05) is 0 Å². The first kappa shape index (κ1) is 23.1. The van der Waals surface area contributed by atoms with Crippen molar-refractivity contribution in [3.05, 3.63) is 139 Å². The molecule has 0 fully saturated rings. The van der Waals surface area contributed by atoms with Gasteiger partial charge in [0.2, 0.25) is 0 Å². The fourth-order valence-corrected chi connectivity index (χ4v) is 5.98. The third-order valence-electron chi connectivity index (χ3n) is 6.77. The van der Waals surface area contributed by atoms with Crippen LogP contribution in [0.15, 0.2) is 127 Å². The van der Waals surface area contributed by atoms with E-state index in [1.807, 2.05) is 66.7 Å². The average Bonchev–Trinajstić information content (AvgIpc) is 3.58. The Morgan fingerprint density at radius 1 is 0.590 bits per heavy atom. The molecule has 0 atom stereocenters. The van der Waals surface area contributed by atoms with E-state index in [0.29, 0.717) is 0 Å². The molecule has 2 nitrogen and oxygen atoms in total. The molecule has 39 heavy (non-hydrogen) atoms. The summed E-state index contributed by atoms with van der Waals surface area (Å²) in [4.78, 5) is 5.02. The van der Waals surface area contributed by atoms with Crippen molar-refractivity contribution < 1.29 is 0 Å². The van der Waals surface area contributed by atoms with Gasteiger partial charge in [-0.15, -0.1) is 23.0 Å². The van der Waals surface area contributed by atoms with Crippen LogP contribution in [0.5, 0.6) is 0 Å². The topological polar surface area (TPSA) is 17.8 Å². The molecule has 0 radical (unpaired) electrons. The molecule has 0 N–H and O–H groups in total. The predicted octanol–water partition coefficient (Wildman–Crippen LogP) is 8.09. The molecule has 2 heterocycles. The van der Waals surface area contributed by atoms with E-state index in [-0.39, 0.29) is 6.85 Å². The molecule has 5 aromatic carbocycles. The Balaban J connectivity index is 1.52. The maximum absolute atomic E-state index is 5.02. The van der Waals surface area contributed by atoms with E-state index in [0.717, 1.165) is 38.2 Å². The number of para-hydroxylation sites is 3. The Morgan fingerprint density at radius 2 is 1.21 bits per heavy atom. The van der Waals surface area contributed by atoms with Gasteiger partial charge in [-0.3, -0.25) is 0 Å². The molecule has 0 bridgehead atoms. The number of hydrogen-bond acceptors (Lipinski definition) is 2. The molecule has 0 spiro atoms. The van der Waals surface area contributed by atoms with E-state index in [2.05, 4.69) is 88.6 Å². The molecule has 2 aromatic heterocycles. The highest BCUT2D eigenvalue weighted by atomic mass is 32.1. The zero-order valence-corrected chi connectivity index (χ0v) is 21.8. The number of aromatic nitrogens is 2. The molecule has 4 heteroatoms. The summed E-state index contributed by atoms with van der Waals surface area (Å²) in [6, 6.07) is 43.5. The van der Waals surface area contributed by atoms with Gasteiger partial charge in [-0.2, -0.15) is 0 Å². The lowest BCUT2D eigenvalue weighted by Gasteiger charge is -2.10. The minimum atomic E-state index is -0.372. The van der Waals surface area contributed by atoms with E-state index in [4.69, 9.17) is 4.98 Å². The molecule has 0 saturated carbocycles. The molecule has 0 aliphatic carbocycles. The minimum absolute atomic E-state index is 0.372. The number of benzene rings is 5. The highest BCUT2D eigenvalue weighted by Gasteiger charge is 2.23. The minimum Gasteiger partial charge on any atom is -0.361 e. The second-order valence-corrected chi connectivity index (χ2v) is 10.3. The Hall–Kier alpha value is -5.03. The van der Waals surface area contributed by atoms with Crippen LogP contribution in [-0.4, -0.2) is 16.3 Å². The van der Waals surface area contributed by atoms with Crippen LogP contribution < -0.4 is 0 Å². The third-order valence-corrected chi connectivity index (χ3v) is 7.84. The molecule has 0 aliphatic rings. The van der Waals surface area contributed by atoms with Gasteiger partial charge in [0.1, 0.15) is 5.01 Å². The van der Waals surface area contributed by atoms with Crippen LogP contribution in [0.4, 0.5) is 0 Å². The first-order chi connectivity index (χ1) is 19.3. The molecule has 0 unspecified atom stereocenters. The van der Waals surface area contributed by atoms with Crippen LogP contribution in [-0.2, 0) is 0 Å². The molecule has 0 saturated heterocycles. The van der Waals surface area contributed by atoms with E-state index in [1.54, 1.807) is 11.3 Å². The smallest absolute Gasteiger partial charge is 0.361 e. The second kappa shape index (κ2) is 10.0. The van der Waals surface area contributed by atoms with Crippen LogP contribution in [0.25, 0.3) is 42.6 Å². The molecule has 180 valence electrons. The molecule has 0 aliphatic heterocycles. The number of nitrogens with zero attached hydrogens (tertiary/aromatic N) is 2. The highest BCUT2D eigenvalue weighted by Crippen LogP contribution is 2.38. The lowest BCUT2D eigenvalue weighted by atomic mass is 9.63. The summed E-state index contributed by atoms with van der Waals surface area (Å²) in [5, 5.41) is 3.36. The van der Waals surface area contributed by atoms with Crippen LogP contribution in [0.3, 0.4) is 0 Å². The van der Waals surface area contributed by atoms with E-state index in [1.165, 1.54) is 15.5 Å². The normalized spacial score (nSPS) is 10.7. The number of hydrogen-bond donors (Lipinski definition) is 0. The average molecular weight is 512 g/mol. The van der Waals surface area contributed by atoms with Gasteiger partial charge in [0.15, 0.2) is 0 Å². The number of fused-ring (bicyclic) bond motifs is 4. The van der Waals surface area contributed by atoms with Crippen molar-refractivity contribution in [1.82, 2.24) is 9.46 Å². The standard InChI is InChI=1S/C35H21BN2S/c1-3-12-26(13-4-1)22-24-36(25-23-27-14-5-2-6-15-27)38-32-20-9-7-16-28(32)29-17-11-18-30(34(29)38)35-37-31-19-8-10-21-33(31)39-35/h1-21H. The van der Waals surface area contributed by atoms with Gasteiger partial charge in [0.25, 0.3) is 0 Å². The van der Waals surface area contributed by atoms with Gasteiger partial charge in [-0.05, 0) is 48.5 Å². The van der Waals surface area contributed by atoms with Gasteiger partial charge in [0.05, 0.1) is 10.2 Å². The Kier molecular flexibility index (Phi) is 5.95. The van der Waals surface area contributed by atoms with Crippen LogP contribution >= 0.6 is 11.3 Å². The van der Waals surface area contributed by atoms with Crippen molar-refractivity contribution in [2.24, 2.45) is 0 Å². The molecular weight excluding hydrogens is 491 g/mol. The van der Waals surface area contributed by atoms with Crippen molar-refractivity contribution in [3.63, 3.8) is 0 Å². The summed E-state index contributed by atoms with van der Waals surface area (Å²) in [5.74, 6) is 13.8. The van der Waals surface area contributed by atoms with Crippen LogP contribution in [0.1, 0.15) is 11.1 Å². The fraction of sp³-hybridized carbons (Fsp3) is 0. The summed E-state index contributed by atoms with van der Waals surface area (Å²) in [6.45, 7) is -0.372. The van der Waals surface area contributed by atoms with Crippen molar-refractivity contribution in [1.29, 1.82) is 0 Å². The maximum Gasteiger partial charge on any atom is 0.434 e. The summed E-state index contributed by atoms with van der Waals surface area (Å²) in [7, 11) is 0. The Bertz CT molecular complexity index is 1990. The van der Waals surface area contributed by atoms with Crippen molar-refractivity contribution in [2.45, 2.75) is 0 Å². The third kappa shape index (κ3) is 4.38. The Labute approximate surface area is 231 Å². The predicted molar refractivity (Wildman–Crippen MR) is 166 cm³/mol. The van der Waals surface area contributed by atoms with Crippen molar-refractivity contribution >= 4 is 50.2 Å². The van der Waals surface area contributed by atoms with Gasteiger partial charge >= 0.3 is 6.85 Å². The summed E-state index contributed by atoms with van der Waals surface area (Å²) >= 11 is 1.72.